The van der Waals surface area contributed by atoms with E-state index in [1.54, 1.807) is 14.2 Å². The van der Waals surface area contributed by atoms with Crippen LogP contribution in [0.2, 0.25) is 0 Å². The van der Waals surface area contributed by atoms with Crippen molar-refractivity contribution < 1.29 is 14.2 Å². The summed E-state index contributed by atoms with van der Waals surface area (Å²) in [4.78, 5) is 6.98. The molecule has 178 valence electrons. The highest BCUT2D eigenvalue weighted by Gasteiger charge is 2.22. The average molecular weight is 549 g/mol. The number of rotatable bonds is 13. The number of ether oxygens (including phenoxy) is 3. The maximum absolute atomic E-state index is 5.51. The molecule has 8 heteroatoms. The van der Waals surface area contributed by atoms with Crippen molar-refractivity contribution in [2.45, 2.75) is 38.1 Å². The van der Waals surface area contributed by atoms with E-state index in [0.29, 0.717) is 19.3 Å². The van der Waals surface area contributed by atoms with Crippen LogP contribution in [0.5, 0.6) is 5.75 Å². The van der Waals surface area contributed by atoms with Crippen molar-refractivity contribution >= 4 is 29.9 Å². The maximum atomic E-state index is 5.51. The predicted octanol–water partition coefficient (Wildman–Crippen LogP) is 3.45. The van der Waals surface area contributed by atoms with Gasteiger partial charge in [0.05, 0.1) is 26.4 Å². The number of nitrogens with zero attached hydrogens (tertiary/aromatic N) is 2. The van der Waals surface area contributed by atoms with Crippen molar-refractivity contribution in [2.75, 3.05) is 67.3 Å². The van der Waals surface area contributed by atoms with Gasteiger partial charge in [-0.3, -0.25) is 9.89 Å². The SMILES string of the molecule is CN=C(NCCCCOCCOC)NCC(c1ccc(OC)cc1)N1CCCCC1.I. The lowest BCUT2D eigenvalue weighted by Gasteiger charge is -2.35. The molecule has 0 aliphatic carbocycles. The standard InChI is InChI=1S/C23H40N4O3.HI/c1-24-23(25-13-5-8-16-30-18-17-28-2)26-19-22(27-14-6-4-7-15-27)20-9-11-21(29-3)12-10-20;/h9-12,22H,4-8,13-19H2,1-3H3,(H2,24,25,26);1H. The Labute approximate surface area is 205 Å². The van der Waals surface area contributed by atoms with Gasteiger partial charge in [-0.15, -0.1) is 24.0 Å². The number of likely N-dealkylation sites (tertiary alicyclic amines) is 1. The molecule has 1 aliphatic rings. The summed E-state index contributed by atoms with van der Waals surface area (Å²) in [6, 6.07) is 8.78. The summed E-state index contributed by atoms with van der Waals surface area (Å²) in [5.41, 5.74) is 1.31. The molecule has 0 radical (unpaired) electrons. The van der Waals surface area contributed by atoms with Gasteiger partial charge in [-0.1, -0.05) is 18.6 Å². The van der Waals surface area contributed by atoms with E-state index >= 15 is 0 Å². The van der Waals surface area contributed by atoms with Crippen molar-refractivity contribution in [3.8, 4) is 5.75 Å². The second-order valence-corrected chi connectivity index (χ2v) is 7.58. The van der Waals surface area contributed by atoms with Crippen LogP contribution >= 0.6 is 24.0 Å². The van der Waals surface area contributed by atoms with Crippen LogP contribution in [0.25, 0.3) is 0 Å². The van der Waals surface area contributed by atoms with Crippen LogP contribution in [0.3, 0.4) is 0 Å². The normalized spacial score (nSPS) is 15.8. The number of benzene rings is 1. The molecule has 0 bridgehead atoms. The zero-order valence-corrected chi connectivity index (χ0v) is 21.7. The average Bonchev–Trinajstić information content (AvgIpc) is 2.80. The molecule has 1 fully saturated rings. The monoisotopic (exact) mass is 548 g/mol. The Kier molecular flexibility index (Phi) is 15.7. The predicted molar refractivity (Wildman–Crippen MR) is 138 cm³/mol. The lowest BCUT2D eigenvalue weighted by molar-refractivity contribution is 0.0689. The highest BCUT2D eigenvalue weighted by Crippen LogP contribution is 2.25. The summed E-state index contributed by atoms with van der Waals surface area (Å²) in [6.45, 7) is 6.08. The molecule has 1 aliphatic heterocycles. The molecule has 2 N–H and O–H groups in total. The molecular formula is C23H41IN4O3. The molecule has 31 heavy (non-hydrogen) atoms. The van der Waals surface area contributed by atoms with E-state index in [1.165, 1.54) is 24.8 Å². The minimum Gasteiger partial charge on any atom is -0.497 e. The topological polar surface area (TPSA) is 67.4 Å². The number of nitrogens with one attached hydrogen (secondary N) is 2. The molecule has 1 aromatic rings. The first-order valence-corrected chi connectivity index (χ1v) is 11.2. The largest absolute Gasteiger partial charge is 0.497 e. The van der Waals surface area contributed by atoms with Crippen LogP contribution < -0.4 is 15.4 Å². The van der Waals surface area contributed by atoms with E-state index in [1.807, 2.05) is 19.2 Å². The van der Waals surface area contributed by atoms with Crippen LogP contribution in [0, 0.1) is 0 Å². The van der Waals surface area contributed by atoms with Gasteiger partial charge in [0.25, 0.3) is 0 Å². The van der Waals surface area contributed by atoms with Crippen LogP contribution in [0.15, 0.2) is 29.3 Å². The number of aliphatic imine (C=N–C) groups is 1. The first-order valence-electron chi connectivity index (χ1n) is 11.2. The highest BCUT2D eigenvalue weighted by atomic mass is 127. The zero-order chi connectivity index (χ0) is 21.4. The fourth-order valence-corrected chi connectivity index (χ4v) is 3.71. The Hall–Kier alpha value is -1.10. The van der Waals surface area contributed by atoms with Gasteiger partial charge < -0.3 is 24.8 Å². The zero-order valence-electron chi connectivity index (χ0n) is 19.4. The summed E-state index contributed by atoms with van der Waals surface area (Å²) in [5.74, 6) is 1.75. The Morgan fingerprint density at radius 3 is 2.39 bits per heavy atom. The van der Waals surface area contributed by atoms with Crippen molar-refractivity contribution in [1.29, 1.82) is 0 Å². The van der Waals surface area contributed by atoms with Gasteiger partial charge in [0.15, 0.2) is 5.96 Å². The molecule has 0 spiro atoms. The molecule has 1 heterocycles. The third-order valence-corrected chi connectivity index (χ3v) is 5.46. The molecule has 0 saturated carbocycles. The Morgan fingerprint density at radius 2 is 1.74 bits per heavy atom. The van der Waals surface area contributed by atoms with E-state index in [0.717, 1.165) is 57.3 Å². The summed E-state index contributed by atoms with van der Waals surface area (Å²) in [7, 11) is 5.23. The minimum atomic E-state index is 0. The van der Waals surface area contributed by atoms with Crippen molar-refractivity contribution in [3.05, 3.63) is 29.8 Å². The van der Waals surface area contributed by atoms with Crippen molar-refractivity contribution in [2.24, 2.45) is 4.99 Å². The van der Waals surface area contributed by atoms with Crippen LogP contribution in [-0.2, 0) is 9.47 Å². The number of halogens is 1. The summed E-state index contributed by atoms with van der Waals surface area (Å²) in [6.07, 6.45) is 5.94. The fourth-order valence-electron chi connectivity index (χ4n) is 3.71. The Balaban J connectivity index is 0.00000480. The lowest BCUT2D eigenvalue weighted by atomic mass is 10.0. The molecule has 2 rings (SSSR count). The van der Waals surface area contributed by atoms with E-state index in [4.69, 9.17) is 14.2 Å². The van der Waals surface area contributed by atoms with Crippen molar-refractivity contribution in [3.63, 3.8) is 0 Å². The molecule has 1 aromatic carbocycles. The molecule has 0 amide bonds. The van der Waals surface area contributed by atoms with Gasteiger partial charge in [0.2, 0.25) is 0 Å². The first kappa shape index (κ1) is 27.9. The van der Waals surface area contributed by atoms with E-state index in [2.05, 4.69) is 32.7 Å². The van der Waals surface area contributed by atoms with Crippen LogP contribution in [-0.4, -0.2) is 78.1 Å². The van der Waals surface area contributed by atoms with Gasteiger partial charge in [-0.2, -0.15) is 0 Å². The third-order valence-electron chi connectivity index (χ3n) is 5.46. The quantitative estimate of drug-likeness (QED) is 0.171. The summed E-state index contributed by atoms with van der Waals surface area (Å²) >= 11 is 0. The van der Waals surface area contributed by atoms with Gasteiger partial charge in [-0.05, 0) is 56.5 Å². The third kappa shape index (κ3) is 10.9. The van der Waals surface area contributed by atoms with Gasteiger partial charge >= 0.3 is 0 Å². The number of piperidine rings is 1. The number of unbranched alkanes of at least 4 members (excludes halogenated alkanes) is 1. The highest BCUT2D eigenvalue weighted by molar-refractivity contribution is 14.0. The molecule has 1 atom stereocenters. The van der Waals surface area contributed by atoms with Crippen molar-refractivity contribution in [1.82, 2.24) is 15.5 Å². The first-order chi connectivity index (χ1) is 14.8. The molecule has 0 aromatic heterocycles. The molecule has 1 saturated heterocycles. The van der Waals surface area contributed by atoms with Crippen LogP contribution in [0.1, 0.15) is 43.7 Å². The van der Waals surface area contributed by atoms with Gasteiger partial charge in [0, 0.05) is 33.9 Å². The molecule has 7 nitrogen and oxygen atoms in total. The van der Waals surface area contributed by atoms with Gasteiger partial charge in [-0.25, -0.2) is 0 Å². The summed E-state index contributed by atoms with van der Waals surface area (Å²) in [5, 5.41) is 6.95. The summed E-state index contributed by atoms with van der Waals surface area (Å²) < 4.78 is 15.8. The number of methoxy groups -OCH3 is 2. The number of guanidine groups is 1. The van der Waals surface area contributed by atoms with Crippen LogP contribution in [0.4, 0.5) is 0 Å². The van der Waals surface area contributed by atoms with E-state index < -0.39 is 0 Å². The Morgan fingerprint density at radius 1 is 1.00 bits per heavy atom. The number of hydrogen-bond acceptors (Lipinski definition) is 5. The molecular weight excluding hydrogens is 507 g/mol. The smallest absolute Gasteiger partial charge is 0.191 e. The fraction of sp³-hybridized carbons (Fsp3) is 0.696. The maximum Gasteiger partial charge on any atom is 0.191 e. The second-order valence-electron chi connectivity index (χ2n) is 7.58. The minimum absolute atomic E-state index is 0. The number of hydrogen-bond donors (Lipinski definition) is 2. The van der Waals surface area contributed by atoms with Gasteiger partial charge in [0.1, 0.15) is 5.75 Å². The van der Waals surface area contributed by atoms with E-state index in [9.17, 15) is 0 Å². The lowest BCUT2D eigenvalue weighted by Crippen LogP contribution is -2.44. The molecule has 1 unspecified atom stereocenters. The van der Waals surface area contributed by atoms with E-state index in [-0.39, 0.29) is 24.0 Å². The second kappa shape index (κ2) is 17.5. The Bertz CT molecular complexity index is 595.